The zero-order valence-electron chi connectivity index (χ0n) is 9.64. The van der Waals surface area contributed by atoms with Gasteiger partial charge in [0.2, 0.25) is 0 Å². The maximum Gasteiger partial charge on any atom is 0.129 e. The molecular weight excluding hydrogens is 357 g/mol. The van der Waals surface area contributed by atoms with Crippen molar-refractivity contribution < 1.29 is 8.78 Å². The fraction of sp³-hybridized carbons (Fsp3) is 0.143. The third-order valence-electron chi connectivity index (χ3n) is 2.75. The maximum absolute atomic E-state index is 13.6. The Bertz CT molecular complexity index is 582. The Labute approximate surface area is 128 Å². The molecule has 0 saturated heterocycles. The molecule has 0 aromatic heterocycles. The van der Waals surface area contributed by atoms with Crippen LogP contribution in [0.15, 0.2) is 36.4 Å². The van der Waals surface area contributed by atoms with Gasteiger partial charge in [-0.25, -0.2) is 8.78 Å². The predicted octanol–water partition coefficient (Wildman–Crippen LogP) is 5.95. The van der Waals surface area contributed by atoms with E-state index in [-0.39, 0.29) is 16.8 Å². The van der Waals surface area contributed by atoms with Crippen LogP contribution in [0.1, 0.15) is 16.0 Å². The van der Waals surface area contributed by atoms with Crippen LogP contribution in [0, 0.1) is 11.6 Å². The smallest absolute Gasteiger partial charge is 0.129 e. The Hall–Kier alpha value is -0.640. The van der Waals surface area contributed by atoms with E-state index in [9.17, 15) is 8.78 Å². The lowest BCUT2D eigenvalue weighted by molar-refractivity contribution is 0.554. The number of hydrogen-bond donors (Lipinski definition) is 0. The van der Waals surface area contributed by atoms with E-state index >= 15 is 0 Å². The molecule has 2 rings (SSSR count). The normalized spacial score (nSPS) is 12.5. The first kappa shape index (κ1) is 14.8. The summed E-state index contributed by atoms with van der Waals surface area (Å²) in [5, 5.41) is 0.861. The van der Waals surface area contributed by atoms with Crippen LogP contribution in [0.3, 0.4) is 0 Å². The molecule has 19 heavy (non-hydrogen) atoms. The third kappa shape index (κ3) is 3.47. The summed E-state index contributed by atoms with van der Waals surface area (Å²) in [5.74, 6) is -1.10. The van der Waals surface area contributed by atoms with Gasteiger partial charge in [-0.15, -0.1) is 0 Å². The molecule has 0 amide bonds. The van der Waals surface area contributed by atoms with Gasteiger partial charge in [0, 0.05) is 10.4 Å². The second-order valence-electron chi connectivity index (χ2n) is 4.05. The lowest BCUT2D eigenvalue weighted by Crippen LogP contribution is -2.01. The Morgan fingerprint density at radius 3 is 2.21 bits per heavy atom. The Kier molecular flexibility index (Phi) is 4.82. The number of rotatable bonds is 3. The fourth-order valence-electron chi connectivity index (χ4n) is 1.73. The highest BCUT2D eigenvalue weighted by Crippen LogP contribution is 2.32. The molecule has 1 unspecified atom stereocenters. The number of benzene rings is 2. The zero-order chi connectivity index (χ0) is 14.0. The van der Waals surface area contributed by atoms with E-state index in [2.05, 4.69) is 15.9 Å². The Morgan fingerprint density at radius 1 is 1.00 bits per heavy atom. The van der Waals surface area contributed by atoms with E-state index in [4.69, 9.17) is 23.2 Å². The molecule has 0 aliphatic carbocycles. The molecule has 0 heterocycles. The molecule has 0 nitrogen and oxygen atoms in total. The Morgan fingerprint density at radius 2 is 1.63 bits per heavy atom. The lowest BCUT2D eigenvalue weighted by Gasteiger charge is -2.12. The molecule has 2 aromatic rings. The largest absolute Gasteiger partial charge is 0.207 e. The number of hydrogen-bond acceptors (Lipinski definition) is 0. The van der Waals surface area contributed by atoms with Crippen molar-refractivity contribution in [1.29, 1.82) is 0 Å². The highest BCUT2D eigenvalue weighted by Gasteiger charge is 2.16. The molecule has 2 aromatic carbocycles. The van der Waals surface area contributed by atoms with Gasteiger partial charge in [0.1, 0.15) is 11.6 Å². The summed E-state index contributed by atoms with van der Waals surface area (Å²) in [5.41, 5.74) is 0.868. The van der Waals surface area contributed by atoms with Gasteiger partial charge in [-0.3, -0.25) is 0 Å². The van der Waals surface area contributed by atoms with Crippen LogP contribution in [-0.2, 0) is 6.42 Å². The van der Waals surface area contributed by atoms with E-state index in [0.717, 1.165) is 5.56 Å². The highest BCUT2D eigenvalue weighted by molar-refractivity contribution is 9.09. The first-order valence-corrected chi connectivity index (χ1v) is 7.18. The van der Waals surface area contributed by atoms with Crippen LogP contribution < -0.4 is 0 Å². The Balaban J connectivity index is 2.25. The molecule has 0 radical (unpaired) electrons. The van der Waals surface area contributed by atoms with Crippen molar-refractivity contribution in [3.63, 3.8) is 0 Å². The lowest BCUT2D eigenvalue weighted by atomic mass is 10.0. The standard InChI is InChI=1S/C14H9BrCl2F2/c15-10(8-4-5-11(16)12(17)6-8)7-9-13(18)2-1-3-14(9)19/h1-6,10H,7H2. The van der Waals surface area contributed by atoms with Crippen molar-refractivity contribution in [3.8, 4) is 0 Å². The molecule has 0 aliphatic heterocycles. The zero-order valence-corrected chi connectivity index (χ0v) is 12.7. The molecule has 5 heteroatoms. The molecule has 0 spiro atoms. The van der Waals surface area contributed by atoms with E-state index in [1.165, 1.54) is 18.2 Å². The molecule has 100 valence electrons. The molecule has 0 aliphatic rings. The van der Waals surface area contributed by atoms with E-state index in [1.807, 2.05) is 0 Å². The minimum atomic E-state index is -0.551. The van der Waals surface area contributed by atoms with Crippen molar-refractivity contribution in [2.45, 2.75) is 11.2 Å². The third-order valence-corrected chi connectivity index (χ3v) is 4.34. The quantitative estimate of drug-likeness (QED) is 0.589. The van der Waals surface area contributed by atoms with Crippen molar-refractivity contribution >= 4 is 39.1 Å². The van der Waals surface area contributed by atoms with Gasteiger partial charge in [-0.2, -0.15) is 0 Å². The van der Waals surface area contributed by atoms with Crippen molar-refractivity contribution in [1.82, 2.24) is 0 Å². The topological polar surface area (TPSA) is 0 Å². The van der Waals surface area contributed by atoms with Crippen LogP contribution in [0.25, 0.3) is 0 Å². The minimum absolute atomic E-state index is 0.0513. The van der Waals surface area contributed by atoms with E-state index < -0.39 is 11.6 Å². The summed E-state index contributed by atoms with van der Waals surface area (Å²) in [6.45, 7) is 0. The van der Waals surface area contributed by atoms with Gasteiger partial charge >= 0.3 is 0 Å². The van der Waals surface area contributed by atoms with Crippen LogP contribution >= 0.6 is 39.1 Å². The molecule has 0 saturated carbocycles. The van der Waals surface area contributed by atoms with Crippen LogP contribution in [0.2, 0.25) is 10.0 Å². The van der Waals surface area contributed by atoms with Gasteiger partial charge in [0.05, 0.1) is 10.0 Å². The summed E-state index contributed by atoms with van der Waals surface area (Å²) in [6.07, 6.45) is 0.191. The summed E-state index contributed by atoms with van der Waals surface area (Å²) >= 11 is 15.2. The van der Waals surface area contributed by atoms with Crippen molar-refractivity contribution in [2.75, 3.05) is 0 Å². The molecule has 0 N–H and O–H groups in total. The second-order valence-corrected chi connectivity index (χ2v) is 5.97. The van der Waals surface area contributed by atoms with Gasteiger partial charge < -0.3 is 0 Å². The monoisotopic (exact) mass is 364 g/mol. The average molecular weight is 366 g/mol. The molecule has 0 fully saturated rings. The second kappa shape index (κ2) is 6.21. The number of halogens is 5. The van der Waals surface area contributed by atoms with Gasteiger partial charge in [0.15, 0.2) is 0 Å². The predicted molar refractivity (Wildman–Crippen MR) is 78.2 cm³/mol. The fourth-order valence-corrected chi connectivity index (χ4v) is 2.65. The summed E-state index contributed by atoms with van der Waals surface area (Å²) in [6, 6.07) is 8.94. The average Bonchev–Trinajstić information content (AvgIpc) is 2.37. The maximum atomic E-state index is 13.6. The van der Waals surface area contributed by atoms with Gasteiger partial charge in [-0.05, 0) is 36.2 Å². The molecule has 1 atom stereocenters. The van der Waals surface area contributed by atoms with Crippen LogP contribution in [0.4, 0.5) is 8.78 Å². The first-order chi connectivity index (χ1) is 8.99. The van der Waals surface area contributed by atoms with E-state index in [1.54, 1.807) is 18.2 Å². The van der Waals surface area contributed by atoms with Gasteiger partial charge in [0.25, 0.3) is 0 Å². The summed E-state index contributed by atoms with van der Waals surface area (Å²) in [7, 11) is 0. The minimum Gasteiger partial charge on any atom is -0.207 e. The number of alkyl halides is 1. The molecule has 0 bridgehead atoms. The van der Waals surface area contributed by atoms with E-state index in [0.29, 0.717) is 10.0 Å². The summed E-state index contributed by atoms with van der Waals surface area (Å²) < 4.78 is 27.1. The van der Waals surface area contributed by atoms with Crippen molar-refractivity contribution in [3.05, 3.63) is 69.2 Å². The SMILES string of the molecule is Fc1cccc(F)c1CC(Br)c1ccc(Cl)c(Cl)c1. The van der Waals surface area contributed by atoms with Crippen LogP contribution in [-0.4, -0.2) is 0 Å². The summed E-state index contributed by atoms with van der Waals surface area (Å²) in [4.78, 5) is -0.242. The van der Waals surface area contributed by atoms with Gasteiger partial charge in [-0.1, -0.05) is 51.3 Å². The van der Waals surface area contributed by atoms with Crippen LogP contribution in [0.5, 0.6) is 0 Å². The van der Waals surface area contributed by atoms with Crippen molar-refractivity contribution in [2.24, 2.45) is 0 Å². The highest BCUT2D eigenvalue weighted by atomic mass is 79.9. The first-order valence-electron chi connectivity index (χ1n) is 5.51. The molecular formula is C14H9BrCl2F2.